The van der Waals surface area contributed by atoms with Gasteiger partial charge in [0.15, 0.2) is 11.5 Å². The molecule has 2 aromatic carbocycles. The van der Waals surface area contributed by atoms with Crippen LogP contribution in [0.2, 0.25) is 0 Å². The summed E-state index contributed by atoms with van der Waals surface area (Å²) >= 11 is 0. The van der Waals surface area contributed by atoms with E-state index in [0.29, 0.717) is 36.8 Å². The van der Waals surface area contributed by atoms with Crippen molar-refractivity contribution in [2.45, 2.75) is 25.3 Å². The number of aliphatic carboxylic acids is 1. The van der Waals surface area contributed by atoms with E-state index in [2.05, 4.69) is 4.90 Å². The summed E-state index contributed by atoms with van der Waals surface area (Å²) in [5, 5.41) is 10.4. The lowest BCUT2D eigenvalue weighted by Gasteiger charge is -2.29. The standard InChI is InChI=1S/C25H32N2O7S/c1-4-13-35(30,31)26(2)11-12-27-15-20(18-7-10-21-22(14-18)34-16-33-21)23(25(28)29)24(27)17-5-8-19(32-3)9-6-17/h5-10,14,20,23-24H,4,11-13,15-16H2,1-3H3,(H,28,29)/t20-,23-,24+/m0/s1. The van der Waals surface area contributed by atoms with Crippen LogP contribution in [0, 0.1) is 5.92 Å². The van der Waals surface area contributed by atoms with E-state index in [1.54, 1.807) is 14.2 Å². The van der Waals surface area contributed by atoms with Gasteiger partial charge in [0.25, 0.3) is 0 Å². The van der Waals surface area contributed by atoms with Gasteiger partial charge >= 0.3 is 5.97 Å². The molecule has 9 nitrogen and oxygen atoms in total. The number of ether oxygens (including phenoxy) is 3. The molecule has 2 aliphatic heterocycles. The second-order valence-corrected chi connectivity index (χ2v) is 11.1. The van der Waals surface area contributed by atoms with Gasteiger partial charge in [0.2, 0.25) is 16.8 Å². The van der Waals surface area contributed by atoms with Crippen molar-refractivity contribution < 1.29 is 32.5 Å². The molecule has 0 radical (unpaired) electrons. The topological polar surface area (TPSA) is 106 Å². The summed E-state index contributed by atoms with van der Waals surface area (Å²) in [6.45, 7) is 3.12. The number of rotatable bonds is 10. The van der Waals surface area contributed by atoms with Crippen LogP contribution in [0.5, 0.6) is 17.2 Å². The number of methoxy groups -OCH3 is 1. The van der Waals surface area contributed by atoms with Gasteiger partial charge in [0.1, 0.15) is 5.75 Å². The Labute approximate surface area is 206 Å². The number of sulfonamides is 1. The van der Waals surface area contributed by atoms with E-state index in [9.17, 15) is 18.3 Å². The highest BCUT2D eigenvalue weighted by Gasteiger charge is 2.47. The molecule has 2 heterocycles. The van der Waals surface area contributed by atoms with Gasteiger partial charge in [0, 0.05) is 38.6 Å². The number of carbonyl (C=O) groups is 1. The summed E-state index contributed by atoms with van der Waals surface area (Å²) in [5.74, 6) is 0.0726. The largest absolute Gasteiger partial charge is 0.497 e. The molecule has 0 bridgehead atoms. The van der Waals surface area contributed by atoms with Gasteiger partial charge in [-0.15, -0.1) is 0 Å². The SMILES string of the molecule is CCCS(=O)(=O)N(C)CCN1C[C@@H](c2ccc3c(c2)OCO3)[C@H](C(=O)O)[C@H]1c1ccc(OC)cc1. The average Bonchev–Trinajstić information content (AvgIpc) is 3.46. The summed E-state index contributed by atoms with van der Waals surface area (Å²) in [6, 6.07) is 12.5. The molecule has 0 unspecified atom stereocenters. The average molecular weight is 505 g/mol. The zero-order valence-electron chi connectivity index (χ0n) is 20.2. The Morgan fingerprint density at radius 2 is 1.83 bits per heavy atom. The third-order valence-corrected chi connectivity index (χ3v) is 8.86. The molecule has 3 atom stereocenters. The molecule has 190 valence electrons. The van der Waals surface area contributed by atoms with Crippen LogP contribution in [0.1, 0.15) is 36.4 Å². The number of carboxylic acids is 1. The van der Waals surface area contributed by atoms with Crippen LogP contribution in [0.15, 0.2) is 42.5 Å². The van der Waals surface area contributed by atoms with Crippen LogP contribution >= 0.6 is 0 Å². The first-order valence-corrected chi connectivity index (χ1v) is 13.3. The molecule has 0 amide bonds. The van der Waals surface area contributed by atoms with Crippen molar-refractivity contribution in [2.24, 2.45) is 5.92 Å². The Bertz CT molecular complexity index is 1150. The van der Waals surface area contributed by atoms with Gasteiger partial charge in [-0.05, 0) is 41.8 Å². The first kappa shape index (κ1) is 25.3. The van der Waals surface area contributed by atoms with Crippen molar-refractivity contribution in [3.63, 3.8) is 0 Å². The van der Waals surface area contributed by atoms with Gasteiger partial charge in [-0.1, -0.05) is 25.1 Å². The van der Waals surface area contributed by atoms with Crippen LogP contribution in [-0.2, 0) is 14.8 Å². The molecule has 10 heteroatoms. The van der Waals surface area contributed by atoms with Gasteiger partial charge in [-0.25, -0.2) is 12.7 Å². The number of fused-ring (bicyclic) bond motifs is 1. The zero-order valence-corrected chi connectivity index (χ0v) is 21.0. The van der Waals surface area contributed by atoms with Crippen LogP contribution in [-0.4, -0.2) is 75.0 Å². The third kappa shape index (κ3) is 5.24. The first-order valence-electron chi connectivity index (χ1n) is 11.7. The monoisotopic (exact) mass is 504 g/mol. The second-order valence-electron chi connectivity index (χ2n) is 8.93. The van der Waals surface area contributed by atoms with Crippen LogP contribution in [0.3, 0.4) is 0 Å². The third-order valence-electron chi connectivity index (χ3n) is 6.80. The van der Waals surface area contributed by atoms with Gasteiger partial charge in [0.05, 0.1) is 18.8 Å². The summed E-state index contributed by atoms with van der Waals surface area (Å²) < 4.78 is 42.6. The van der Waals surface area contributed by atoms with E-state index >= 15 is 0 Å². The molecule has 0 aromatic heterocycles. The number of likely N-dealkylation sites (N-methyl/N-ethyl adjacent to an activating group) is 1. The fourth-order valence-corrected chi connectivity index (χ4v) is 6.15. The van der Waals surface area contributed by atoms with Crippen LogP contribution < -0.4 is 14.2 Å². The predicted molar refractivity (Wildman–Crippen MR) is 130 cm³/mol. The predicted octanol–water partition coefficient (Wildman–Crippen LogP) is 2.94. The number of benzene rings is 2. The Kier molecular flexibility index (Phi) is 7.53. The molecule has 1 N–H and O–H groups in total. The molecule has 1 fully saturated rings. The molecular formula is C25H32N2O7S. The number of nitrogens with zero attached hydrogens (tertiary/aromatic N) is 2. The Morgan fingerprint density at radius 1 is 1.14 bits per heavy atom. The minimum Gasteiger partial charge on any atom is -0.497 e. The molecule has 0 aliphatic carbocycles. The van der Waals surface area contributed by atoms with E-state index in [0.717, 1.165) is 11.1 Å². The molecule has 0 spiro atoms. The van der Waals surface area contributed by atoms with Crippen molar-refractivity contribution in [3.8, 4) is 17.2 Å². The maximum atomic E-state index is 12.6. The molecule has 1 saturated heterocycles. The second kappa shape index (κ2) is 10.4. The summed E-state index contributed by atoms with van der Waals surface area (Å²) in [7, 11) is -0.193. The van der Waals surface area contributed by atoms with Gasteiger partial charge in [-0.2, -0.15) is 0 Å². The van der Waals surface area contributed by atoms with E-state index in [1.165, 1.54) is 4.31 Å². The lowest BCUT2D eigenvalue weighted by molar-refractivity contribution is -0.143. The first-order chi connectivity index (χ1) is 16.7. The van der Waals surface area contributed by atoms with Crippen molar-refractivity contribution in [1.29, 1.82) is 0 Å². The quantitative estimate of drug-likeness (QED) is 0.527. The summed E-state index contributed by atoms with van der Waals surface area (Å²) in [5.41, 5.74) is 1.70. The van der Waals surface area contributed by atoms with Crippen molar-refractivity contribution in [3.05, 3.63) is 53.6 Å². The molecule has 2 aliphatic rings. The van der Waals surface area contributed by atoms with E-state index in [-0.39, 0.29) is 25.0 Å². The molecule has 0 saturated carbocycles. The zero-order chi connectivity index (χ0) is 25.2. The van der Waals surface area contributed by atoms with Crippen molar-refractivity contribution >= 4 is 16.0 Å². The minimum atomic E-state index is -3.35. The number of hydrogen-bond acceptors (Lipinski definition) is 7. The summed E-state index contributed by atoms with van der Waals surface area (Å²) in [6.07, 6.45) is 0.540. The van der Waals surface area contributed by atoms with E-state index in [4.69, 9.17) is 14.2 Å². The van der Waals surface area contributed by atoms with Gasteiger partial charge < -0.3 is 19.3 Å². The van der Waals surface area contributed by atoms with E-state index in [1.807, 2.05) is 49.4 Å². The fourth-order valence-electron chi connectivity index (χ4n) is 4.96. The Balaban J connectivity index is 1.67. The van der Waals surface area contributed by atoms with Crippen molar-refractivity contribution in [1.82, 2.24) is 9.21 Å². The Hall–Kier alpha value is -2.82. The maximum absolute atomic E-state index is 12.6. The molecule has 4 rings (SSSR count). The lowest BCUT2D eigenvalue weighted by Crippen LogP contribution is -2.38. The number of likely N-dealkylation sites (tertiary alicyclic amines) is 1. The lowest BCUT2D eigenvalue weighted by atomic mass is 9.82. The highest BCUT2D eigenvalue weighted by atomic mass is 32.2. The highest BCUT2D eigenvalue weighted by molar-refractivity contribution is 7.89. The number of hydrogen-bond donors (Lipinski definition) is 1. The Morgan fingerprint density at radius 3 is 2.49 bits per heavy atom. The van der Waals surface area contributed by atoms with E-state index < -0.39 is 28.0 Å². The maximum Gasteiger partial charge on any atom is 0.309 e. The number of carboxylic acid groups (broad SMARTS) is 1. The smallest absolute Gasteiger partial charge is 0.309 e. The summed E-state index contributed by atoms with van der Waals surface area (Å²) in [4.78, 5) is 14.7. The van der Waals surface area contributed by atoms with Crippen molar-refractivity contribution in [2.75, 3.05) is 46.3 Å². The fraction of sp³-hybridized carbons (Fsp3) is 0.480. The van der Waals surface area contributed by atoms with Crippen LogP contribution in [0.4, 0.5) is 0 Å². The van der Waals surface area contributed by atoms with Gasteiger partial charge in [-0.3, -0.25) is 9.69 Å². The highest BCUT2D eigenvalue weighted by Crippen LogP contribution is 2.47. The normalized spacial score (nSPS) is 22.0. The minimum absolute atomic E-state index is 0.0863. The molecular weight excluding hydrogens is 472 g/mol. The molecule has 2 aromatic rings. The molecule has 35 heavy (non-hydrogen) atoms. The van der Waals surface area contributed by atoms with Crippen LogP contribution in [0.25, 0.3) is 0 Å².